The molecule has 2 aromatic rings. The third-order valence-electron chi connectivity index (χ3n) is 2.71. The van der Waals surface area contributed by atoms with Crippen LogP contribution in [0.15, 0.2) is 30.5 Å². The van der Waals surface area contributed by atoms with E-state index in [1.807, 2.05) is 19.1 Å². The normalized spacial score (nSPS) is 10.7. The van der Waals surface area contributed by atoms with Crippen LogP contribution in [0.4, 0.5) is 5.95 Å². The number of benzene rings is 1. The molecule has 4 nitrogen and oxygen atoms in total. The van der Waals surface area contributed by atoms with Crippen molar-refractivity contribution in [1.29, 1.82) is 0 Å². The Bertz CT molecular complexity index is 535. The zero-order valence-electron chi connectivity index (χ0n) is 10.8. The van der Waals surface area contributed by atoms with Crippen molar-refractivity contribution in [2.45, 2.75) is 26.7 Å². The second-order valence-electron chi connectivity index (χ2n) is 4.54. The Balaban J connectivity index is 2.21. The second-order valence-corrected chi connectivity index (χ2v) is 4.54. The number of nitrogens with two attached hydrogens (primary N) is 1. The minimum Gasteiger partial charge on any atom is -0.439 e. The molecule has 1 aromatic heterocycles. The maximum Gasteiger partial charge on any atom is 0.226 e. The molecule has 0 aliphatic carbocycles. The van der Waals surface area contributed by atoms with Crippen LogP contribution in [0.25, 0.3) is 0 Å². The first-order valence-electron chi connectivity index (χ1n) is 5.93. The van der Waals surface area contributed by atoms with E-state index in [1.165, 1.54) is 5.56 Å². The third-order valence-corrected chi connectivity index (χ3v) is 2.71. The monoisotopic (exact) mass is 243 g/mol. The number of aryl methyl sites for hydroxylation is 1. The first-order chi connectivity index (χ1) is 8.56. The number of hydrogen-bond acceptors (Lipinski definition) is 4. The molecule has 0 atom stereocenters. The van der Waals surface area contributed by atoms with Crippen molar-refractivity contribution in [2.24, 2.45) is 0 Å². The van der Waals surface area contributed by atoms with Gasteiger partial charge in [0.05, 0.1) is 0 Å². The SMILES string of the molecule is Cc1cnc(N)nc1Oc1ccc(C(C)C)cc1. The van der Waals surface area contributed by atoms with Gasteiger partial charge in [0.2, 0.25) is 11.8 Å². The van der Waals surface area contributed by atoms with E-state index >= 15 is 0 Å². The van der Waals surface area contributed by atoms with Crippen molar-refractivity contribution < 1.29 is 4.74 Å². The lowest BCUT2D eigenvalue weighted by atomic mass is 10.0. The molecule has 0 fully saturated rings. The molecule has 0 amide bonds. The van der Waals surface area contributed by atoms with Gasteiger partial charge in [0.25, 0.3) is 0 Å². The molecule has 0 saturated heterocycles. The van der Waals surface area contributed by atoms with Crippen molar-refractivity contribution in [2.75, 3.05) is 5.73 Å². The maximum absolute atomic E-state index is 5.69. The summed E-state index contributed by atoms with van der Waals surface area (Å²) in [4.78, 5) is 7.97. The van der Waals surface area contributed by atoms with Gasteiger partial charge in [-0.1, -0.05) is 26.0 Å². The summed E-state index contributed by atoms with van der Waals surface area (Å²) < 4.78 is 5.69. The molecule has 1 aromatic carbocycles. The third kappa shape index (κ3) is 2.77. The topological polar surface area (TPSA) is 61.0 Å². The van der Waals surface area contributed by atoms with Crippen LogP contribution in [0.3, 0.4) is 0 Å². The Morgan fingerprint density at radius 3 is 2.44 bits per heavy atom. The number of hydrogen-bond donors (Lipinski definition) is 1. The Labute approximate surface area is 107 Å². The highest BCUT2D eigenvalue weighted by molar-refractivity contribution is 5.35. The van der Waals surface area contributed by atoms with Gasteiger partial charge in [-0.25, -0.2) is 4.98 Å². The van der Waals surface area contributed by atoms with Gasteiger partial charge in [0, 0.05) is 11.8 Å². The standard InChI is InChI=1S/C14H17N3O/c1-9(2)11-4-6-12(7-5-11)18-13-10(3)8-16-14(15)17-13/h4-9H,1-3H3,(H2,15,16,17). The van der Waals surface area contributed by atoms with Crippen molar-refractivity contribution in [3.8, 4) is 11.6 Å². The van der Waals surface area contributed by atoms with Crippen LogP contribution in [0.1, 0.15) is 30.9 Å². The van der Waals surface area contributed by atoms with E-state index in [-0.39, 0.29) is 5.95 Å². The summed E-state index contributed by atoms with van der Waals surface area (Å²) in [6.07, 6.45) is 1.65. The lowest BCUT2D eigenvalue weighted by Crippen LogP contribution is -1.99. The van der Waals surface area contributed by atoms with Gasteiger partial charge in [-0.3, -0.25) is 0 Å². The summed E-state index contributed by atoms with van der Waals surface area (Å²) in [6.45, 7) is 6.20. The van der Waals surface area contributed by atoms with Gasteiger partial charge in [0.15, 0.2) is 0 Å². The zero-order valence-corrected chi connectivity index (χ0v) is 10.8. The van der Waals surface area contributed by atoms with Gasteiger partial charge in [-0.2, -0.15) is 4.98 Å². The second kappa shape index (κ2) is 5.04. The highest BCUT2D eigenvalue weighted by atomic mass is 16.5. The van der Waals surface area contributed by atoms with Crippen molar-refractivity contribution in [3.63, 3.8) is 0 Å². The Hall–Kier alpha value is -2.10. The first kappa shape index (κ1) is 12.4. The minimum atomic E-state index is 0.217. The summed E-state index contributed by atoms with van der Waals surface area (Å²) in [5.41, 5.74) is 7.68. The number of nitrogen functional groups attached to an aromatic ring is 1. The molecular formula is C14H17N3O. The van der Waals surface area contributed by atoms with Crippen molar-refractivity contribution >= 4 is 5.95 Å². The summed E-state index contributed by atoms with van der Waals surface area (Å²) >= 11 is 0. The van der Waals surface area contributed by atoms with E-state index < -0.39 is 0 Å². The summed E-state index contributed by atoms with van der Waals surface area (Å²) in [5.74, 6) is 1.98. The first-order valence-corrected chi connectivity index (χ1v) is 5.93. The van der Waals surface area contributed by atoms with Crippen LogP contribution in [0.5, 0.6) is 11.6 Å². The highest BCUT2D eigenvalue weighted by Crippen LogP contribution is 2.24. The molecule has 0 spiro atoms. The van der Waals surface area contributed by atoms with Gasteiger partial charge in [0.1, 0.15) is 5.75 Å². The van der Waals surface area contributed by atoms with Crippen molar-refractivity contribution in [3.05, 3.63) is 41.6 Å². The molecule has 2 N–H and O–H groups in total. The molecule has 0 aliphatic heterocycles. The van der Waals surface area contributed by atoms with E-state index in [1.54, 1.807) is 6.20 Å². The van der Waals surface area contributed by atoms with Crippen LogP contribution >= 0.6 is 0 Å². The molecular weight excluding hydrogens is 226 g/mol. The molecule has 1 heterocycles. The largest absolute Gasteiger partial charge is 0.439 e. The Morgan fingerprint density at radius 2 is 1.83 bits per heavy atom. The Kier molecular flexibility index (Phi) is 3.46. The summed E-state index contributed by atoms with van der Waals surface area (Å²) in [6, 6.07) is 7.99. The number of rotatable bonds is 3. The lowest BCUT2D eigenvalue weighted by Gasteiger charge is -2.09. The Morgan fingerprint density at radius 1 is 1.17 bits per heavy atom. The lowest BCUT2D eigenvalue weighted by molar-refractivity contribution is 0.458. The van der Waals surface area contributed by atoms with Gasteiger partial charge in [-0.05, 0) is 30.5 Å². The van der Waals surface area contributed by atoms with Gasteiger partial charge in [-0.15, -0.1) is 0 Å². The molecule has 18 heavy (non-hydrogen) atoms. The van der Waals surface area contributed by atoms with E-state index in [4.69, 9.17) is 10.5 Å². The maximum atomic E-state index is 5.69. The number of nitrogens with zero attached hydrogens (tertiary/aromatic N) is 2. The van der Waals surface area contributed by atoms with Crippen molar-refractivity contribution in [1.82, 2.24) is 9.97 Å². The fourth-order valence-electron chi connectivity index (χ4n) is 1.57. The molecule has 2 rings (SSSR count). The van der Waals surface area contributed by atoms with E-state index in [0.29, 0.717) is 11.8 Å². The summed E-state index contributed by atoms with van der Waals surface area (Å²) in [7, 11) is 0. The summed E-state index contributed by atoms with van der Waals surface area (Å²) in [5, 5.41) is 0. The molecule has 94 valence electrons. The molecule has 4 heteroatoms. The van der Waals surface area contributed by atoms with Crippen LogP contribution in [0.2, 0.25) is 0 Å². The van der Waals surface area contributed by atoms with Crippen LogP contribution in [-0.2, 0) is 0 Å². The van der Waals surface area contributed by atoms with Crippen LogP contribution in [0, 0.1) is 6.92 Å². The average Bonchev–Trinajstić information content (AvgIpc) is 2.34. The zero-order chi connectivity index (χ0) is 13.1. The van der Waals surface area contributed by atoms with Gasteiger partial charge >= 0.3 is 0 Å². The molecule has 0 bridgehead atoms. The fraction of sp³-hybridized carbons (Fsp3) is 0.286. The number of anilines is 1. The van der Waals surface area contributed by atoms with Crippen LogP contribution < -0.4 is 10.5 Å². The fourth-order valence-corrected chi connectivity index (χ4v) is 1.57. The molecule has 0 saturated carbocycles. The number of ether oxygens (including phenoxy) is 1. The molecule has 0 unspecified atom stereocenters. The van der Waals surface area contributed by atoms with Crippen LogP contribution in [-0.4, -0.2) is 9.97 Å². The quantitative estimate of drug-likeness (QED) is 0.898. The van der Waals surface area contributed by atoms with E-state index in [0.717, 1.165) is 11.3 Å². The average molecular weight is 243 g/mol. The highest BCUT2D eigenvalue weighted by Gasteiger charge is 2.05. The molecule has 0 aliphatic rings. The smallest absolute Gasteiger partial charge is 0.226 e. The van der Waals surface area contributed by atoms with E-state index in [2.05, 4.69) is 35.9 Å². The molecule has 0 radical (unpaired) electrons. The number of aromatic nitrogens is 2. The predicted molar refractivity (Wildman–Crippen MR) is 71.8 cm³/mol. The predicted octanol–water partition coefficient (Wildman–Crippen LogP) is 3.28. The van der Waals surface area contributed by atoms with Gasteiger partial charge < -0.3 is 10.5 Å². The minimum absolute atomic E-state index is 0.217. The van der Waals surface area contributed by atoms with E-state index in [9.17, 15) is 0 Å².